The van der Waals surface area contributed by atoms with E-state index in [0.29, 0.717) is 36.9 Å². The SMILES string of the molecule is Cc1nc(Nc2ncc(C)s2)cc([C@@H]2CN(C(=O)c3ccccc3)CCO2)n1. The van der Waals surface area contributed by atoms with Crippen LogP contribution in [0, 0.1) is 13.8 Å². The number of thiazole rings is 1. The zero-order chi connectivity index (χ0) is 19.5. The van der Waals surface area contributed by atoms with Crippen molar-refractivity contribution in [1.82, 2.24) is 19.9 Å². The Labute approximate surface area is 167 Å². The van der Waals surface area contributed by atoms with E-state index in [9.17, 15) is 4.79 Å². The molecule has 1 aliphatic rings. The minimum absolute atomic E-state index is 0.0105. The molecule has 1 saturated heterocycles. The highest BCUT2D eigenvalue weighted by Crippen LogP contribution is 2.26. The normalized spacial score (nSPS) is 16.8. The molecular weight excluding hydrogens is 374 g/mol. The number of aromatic nitrogens is 3. The van der Waals surface area contributed by atoms with Crippen LogP contribution in [0.2, 0.25) is 0 Å². The van der Waals surface area contributed by atoms with Crippen molar-refractivity contribution in [2.24, 2.45) is 0 Å². The predicted octanol–water partition coefficient (Wildman–Crippen LogP) is 3.51. The van der Waals surface area contributed by atoms with E-state index in [0.717, 1.165) is 15.7 Å². The molecule has 2 aromatic heterocycles. The smallest absolute Gasteiger partial charge is 0.254 e. The van der Waals surface area contributed by atoms with E-state index < -0.39 is 0 Å². The fourth-order valence-corrected chi connectivity index (χ4v) is 3.79. The number of amides is 1. The minimum Gasteiger partial charge on any atom is -0.368 e. The predicted molar refractivity (Wildman–Crippen MR) is 108 cm³/mol. The van der Waals surface area contributed by atoms with Crippen molar-refractivity contribution in [2.75, 3.05) is 25.0 Å². The van der Waals surface area contributed by atoms with Crippen LogP contribution in [0.5, 0.6) is 0 Å². The molecule has 28 heavy (non-hydrogen) atoms. The van der Waals surface area contributed by atoms with E-state index in [1.54, 1.807) is 11.3 Å². The first-order valence-electron chi connectivity index (χ1n) is 9.09. The Morgan fingerprint density at radius 2 is 2.07 bits per heavy atom. The quantitative estimate of drug-likeness (QED) is 0.728. The average molecular weight is 395 g/mol. The van der Waals surface area contributed by atoms with Gasteiger partial charge in [0.25, 0.3) is 5.91 Å². The molecule has 1 aliphatic heterocycles. The molecule has 1 N–H and O–H groups in total. The van der Waals surface area contributed by atoms with Gasteiger partial charge in [-0.3, -0.25) is 4.79 Å². The van der Waals surface area contributed by atoms with Gasteiger partial charge in [-0.2, -0.15) is 0 Å². The Hall–Kier alpha value is -2.84. The number of hydrogen-bond acceptors (Lipinski definition) is 7. The zero-order valence-electron chi connectivity index (χ0n) is 15.8. The highest BCUT2D eigenvalue weighted by atomic mass is 32.1. The molecule has 0 spiro atoms. The number of carbonyl (C=O) groups excluding carboxylic acids is 1. The third-order valence-corrected chi connectivity index (χ3v) is 5.25. The fraction of sp³-hybridized carbons (Fsp3) is 0.300. The van der Waals surface area contributed by atoms with Crippen molar-refractivity contribution in [2.45, 2.75) is 20.0 Å². The molecule has 0 aliphatic carbocycles. The average Bonchev–Trinajstić information content (AvgIpc) is 3.12. The monoisotopic (exact) mass is 395 g/mol. The summed E-state index contributed by atoms with van der Waals surface area (Å²) in [5.74, 6) is 1.33. The molecule has 1 aromatic carbocycles. The number of nitrogens with zero attached hydrogens (tertiary/aromatic N) is 4. The number of ether oxygens (including phenoxy) is 1. The Bertz CT molecular complexity index is 976. The van der Waals surface area contributed by atoms with Gasteiger partial charge >= 0.3 is 0 Å². The van der Waals surface area contributed by atoms with Gasteiger partial charge in [0.15, 0.2) is 5.13 Å². The number of morpholine rings is 1. The number of nitrogens with one attached hydrogen (secondary N) is 1. The van der Waals surface area contributed by atoms with E-state index in [-0.39, 0.29) is 12.0 Å². The van der Waals surface area contributed by atoms with E-state index in [2.05, 4.69) is 20.3 Å². The number of rotatable bonds is 4. The van der Waals surface area contributed by atoms with Crippen molar-refractivity contribution in [3.8, 4) is 0 Å². The van der Waals surface area contributed by atoms with Crippen LogP contribution >= 0.6 is 11.3 Å². The van der Waals surface area contributed by atoms with Crippen LogP contribution < -0.4 is 5.32 Å². The Kier molecular flexibility index (Phi) is 5.31. The van der Waals surface area contributed by atoms with Crippen molar-refractivity contribution in [3.05, 3.63) is 64.6 Å². The van der Waals surface area contributed by atoms with E-state index in [4.69, 9.17) is 4.74 Å². The van der Waals surface area contributed by atoms with Gasteiger partial charge in [-0.25, -0.2) is 15.0 Å². The standard InChI is InChI=1S/C20H21N5O2S/c1-13-11-21-20(28-13)24-18-10-16(22-14(2)23-18)17-12-25(8-9-27-17)19(26)15-6-4-3-5-7-15/h3-7,10-11,17H,8-9,12H2,1-2H3,(H,21,22,23,24)/t17-/m0/s1. The van der Waals surface area contributed by atoms with Crippen molar-refractivity contribution >= 4 is 28.2 Å². The number of aryl methyl sites for hydroxylation is 2. The topological polar surface area (TPSA) is 80.2 Å². The van der Waals surface area contributed by atoms with E-state index in [1.165, 1.54) is 0 Å². The van der Waals surface area contributed by atoms with Gasteiger partial charge in [0.1, 0.15) is 17.7 Å². The van der Waals surface area contributed by atoms with Crippen LogP contribution in [0.4, 0.5) is 10.9 Å². The van der Waals surface area contributed by atoms with Gasteiger partial charge in [-0.1, -0.05) is 18.2 Å². The second kappa shape index (κ2) is 8.04. The van der Waals surface area contributed by atoms with Crippen molar-refractivity contribution in [1.29, 1.82) is 0 Å². The summed E-state index contributed by atoms with van der Waals surface area (Å²) in [7, 11) is 0. The molecule has 0 bridgehead atoms. The summed E-state index contributed by atoms with van der Waals surface area (Å²) < 4.78 is 5.92. The summed E-state index contributed by atoms with van der Waals surface area (Å²) in [4.78, 5) is 29.0. The summed E-state index contributed by atoms with van der Waals surface area (Å²) in [5, 5.41) is 4.01. The first kappa shape index (κ1) is 18.5. The van der Waals surface area contributed by atoms with Gasteiger partial charge < -0.3 is 15.0 Å². The van der Waals surface area contributed by atoms with Crippen LogP contribution in [0.3, 0.4) is 0 Å². The number of benzene rings is 1. The third-order valence-electron chi connectivity index (χ3n) is 4.42. The largest absolute Gasteiger partial charge is 0.368 e. The summed E-state index contributed by atoms with van der Waals surface area (Å²) >= 11 is 1.57. The lowest BCUT2D eigenvalue weighted by Crippen LogP contribution is -2.42. The molecule has 3 aromatic rings. The molecule has 3 heterocycles. The van der Waals surface area contributed by atoms with Gasteiger partial charge in [0.05, 0.1) is 18.8 Å². The van der Waals surface area contributed by atoms with Gasteiger partial charge in [-0.05, 0) is 26.0 Å². The number of anilines is 2. The molecule has 4 rings (SSSR count). The van der Waals surface area contributed by atoms with Gasteiger partial charge in [0, 0.05) is 29.2 Å². The maximum Gasteiger partial charge on any atom is 0.254 e. The lowest BCUT2D eigenvalue weighted by molar-refractivity contribution is -0.0248. The van der Waals surface area contributed by atoms with Crippen LogP contribution in [0.25, 0.3) is 0 Å². The van der Waals surface area contributed by atoms with Crippen LogP contribution in [-0.2, 0) is 4.74 Å². The molecule has 1 atom stereocenters. The molecule has 144 valence electrons. The van der Waals surface area contributed by atoms with Gasteiger partial charge in [-0.15, -0.1) is 11.3 Å². The summed E-state index contributed by atoms with van der Waals surface area (Å²) in [6.07, 6.45) is 1.53. The lowest BCUT2D eigenvalue weighted by atomic mass is 10.1. The molecule has 8 heteroatoms. The Morgan fingerprint density at radius 1 is 1.25 bits per heavy atom. The van der Waals surface area contributed by atoms with E-state index in [1.807, 2.05) is 61.3 Å². The Morgan fingerprint density at radius 3 is 2.82 bits per heavy atom. The summed E-state index contributed by atoms with van der Waals surface area (Å²) in [6.45, 7) is 5.35. The second-order valence-corrected chi connectivity index (χ2v) is 7.84. The molecule has 0 unspecified atom stereocenters. The Balaban J connectivity index is 1.52. The summed E-state index contributed by atoms with van der Waals surface area (Å²) in [5.41, 5.74) is 1.44. The molecular formula is C20H21N5O2S. The zero-order valence-corrected chi connectivity index (χ0v) is 16.6. The molecule has 1 fully saturated rings. The first-order chi connectivity index (χ1) is 13.6. The van der Waals surface area contributed by atoms with Crippen molar-refractivity contribution < 1.29 is 9.53 Å². The summed E-state index contributed by atoms with van der Waals surface area (Å²) in [6, 6.07) is 11.2. The second-order valence-electron chi connectivity index (χ2n) is 6.60. The number of carbonyl (C=O) groups is 1. The fourth-order valence-electron chi connectivity index (χ4n) is 3.12. The van der Waals surface area contributed by atoms with Crippen molar-refractivity contribution in [3.63, 3.8) is 0 Å². The molecule has 1 amide bonds. The first-order valence-corrected chi connectivity index (χ1v) is 9.91. The highest BCUT2D eigenvalue weighted by molar-refractivity contribution is 7.15. The molecule has 0 saturated carbocycles. The maximum atomic E-state index is 12.8. The minimum atomic E-state index is -0.290. The molecule has 0 radical (unpaired) electrons. The van der Waals surface area contributed by atoms with E-state index >= 15 is 0 Å². The van der Waals surface area contributed by atoms with Crippen LogP contribution in [-0.4, -0.2) is 45.5 Å². The van der Waals surface area contributed by atoms with Crippen LogP contribution in [0.1, 0.15) is 32.9 Å². The lowest BCUT2D eigenvalue weighted by Gasteiger charge is -2.33. The third kappa shape index (κ3) is 4.18. The highest BCUT2D eigenvalue weighted by Gasteiger charge is 2.27. The maximum absolute atomic E-state index is 12.8. The number of hydrogen-bond donors (Lipinski definition) is 1. The van der Waals surface area contributed by atoms with Gasteiger partial charge in [0.2, 0.25) is 0 Å². The van der Waals surface area contributed by atoms with Crippen LogP contribution in [0.15, 0.2) is 42.6 Å². The molecule has 7 nitrogen and oxygen atoms in total.